The van der Waals surface area contributed by atoms with Crippen molar-refractivity contribution in [2.75, 3.05) is 13.2 Å². The van der Waals surface area contributed by atoms with Crippen LogP contribution in [0.3, 0.4) is 0 Å². The van der Waals surface area contributed by atoms with Crippen molar-refractivity contribution in [1.29, 1.82) is 0 Å². The summed E-state index contributed by atoms with van der Waals surface area (Å²) >= 11 is 5.91. The maximum Gasteiger partial charge on any atom is 0.344 e. The van der Waals surface area contributed by atoms with E-state index in [9.17, 15) is 4.79 Å². The quantitative estimate of drug-likeness (QED) is 0.675. The number of hydrogen-bond acceptors (Lipinski definition) is 3. The van der Waals surface area contributed by atoms with E-state index in [1.54, 1.807) is 12.1 Å². The van der Waals surface area contributed by atoms with Crippen LogP contribution in [-0.4, -0.2) is 19.2 Å². The molecule has 1 aromatic rings. The van der Waals surface area contributed by atoms with E-state index in [2.05, 4.69) is 13.8 Å². The third-order valence-electron chi connectivity index (χ3n) is 6.24. The number of ether oxygens (including phenoxy) is 2. The van der Waals surface area contributed by atoms with Crippen molar-refractivity contribution in [2.45, 2.75) is 46.5 Å². The molecule has 0 saturated heterocycles. The molecule has 0 amide bonds. The van der Waals surface area contributed by atoms with Crippen LogP contribution in [0.4, 0.5) is 0 Å². The fourth-order valence-electron chi connectivity index (χ4n) is 4.59. The Hall–Kier alpha value is -1.22. The summed E-state index contributed by atoms with van der Waals surface area (Å²) in [6.45, 7) is 7.15. The maximum absolute atomic E-state index is 11.9. The molecule has 3 atom stereocenters. The van der Waals surface area contributed by atoms with Crippen molar-refractivity contribution in [3.63, 3.8) is 0 Å². The van der Waals surface area contributed by atoms with Crippen LogP contribution in [0.5, 0.6) is 5.75 Å². The van der Waals surface area contributed by atoms with E-state index in [0.717, 1.165) is 23.8 Å². The zero-order valence-electron chi connectivity index (χ0n) is 14.8. The molecule has 2 bridgehead atoms. The predicted molar refractivity (Wildman–Crippen MR) is 95.4 cm³/mol. The highest BCUT2D eigenvalue weighted by atomic mass is 35.5. The molecule has 3 aliphatic carbocycles. The van der Waals surface area contributed by atoms with Crippen LogP contribution in [0, 0.1) is 30.1 Å². The van der Waals surface area contributed by atoms with Gasteiger partial charge in [-0.25, -0.2) is 4.79 Å². The minimum Gasteiger partial charge on any atom is -0.482 e. The molecule has 1 aromatic carbocycles. The molecule has 24 heavy (non-hydrogen) atoms. The zero-order chi connectivity index (χ0) is 17.3. The Bertz CT molecular complexity index is 609. The minimum absolute atomic E-state index is 0.0515. The molecule has 0 N–H and O–H groups in total. The summed E-state index contributed by atoms with van der Waals surface area (Å²) in [4.78, 5) is 11.9. The molecule has 0 radical (unpaired) electrons. The lowest BCUT2D eigenvalue weighted by Gasteiger charge is -2.60. The Morgan fingerprint density at radius 2 is 2.12 bits per heavy atom. The van der Waals surface area contributed by atoms with Crippen LogP contribution >= 0.6 is 11.6 Å². The number of halogens is 1. The fraction of sp³-hybridized carbons (Fsp3) is 0.650. The number of esters is 1. The van der Waals surface area contributed by atoms with Crippen molar-refractivity contribution >= 4 is 17.6 Å². The van der Waals surface area contributed by atoms with Crippen LogP contribution in [0.15, 0.2) is 18.2 Å². The second kappa shape index (κ2) is 6.95. The van der Waals surface area contributed by atoms with Gasteiger partial charge in [0.05, 0.1) is 6.61 Å². The van der Waals surface area contributed by atoms with E-state index >= 15 is 0 Å². The van der Waals surface area contributed by atoms with E-state index < -0.39 is 0 Å². The van der Waals surface area contributed by atoms with Crippen LogP contribution in [-0.2, 0) is 9.53 Å². The standard InChI is InChI=1S/C20H27ClO3/c1-13-10-16(21)6-7-18(13)24-12-19(22)23-9-8-14-4-5-15-11-17(14)20(15,2)3/h6-7,10,14-15,17H,4-5,8-9,11-12H2,1-3H3/t14-,15+,17+/m1/s1. The van der Waals surface area contributed by atoms with Crippen molar-refractivity contribution in [3.05, 3.63) is 28.8 Å². The maximum atomic E-state index is 11.9. The molecule has 0 unspecified atom stereocenters. The Labute approximate surface area is 149 Å². The van der Waals surface area contributed by atoms with Gasteiger partial charge in [-0.3, -0.25) is 0 Å². The molecule has 132 valence electrons. The average molecular weight is 351 g/mol. The first-order valence-corrected chi connectivity index (χ1v) is 9.30. The topological polar surface area (TPSA) is 35.5 Å². The number of aryl methyl sites for hydroxylation is 1. The minimum atomic E-state index is -0.300. The molecule has 0 aromatic heterocycles. The van der Waals surface area contributed by atoms with Gasteiger partial charge in [0, 0.05) is 5.02 Å². The summed E-state index contributed by atoms with van der Waals surface area (Å²) in [7, 11) is 0. The number of carbonyl (C=O) groups excluding carboxylic acids is 1. The van der Waals surface area contributed by atoms with E-state index in [-0.39, 0.29) is 12.6 Å². The van der Waals surface area contributed by atoms with Crippen LogP contribution in [0.2, 0.25) is 5.02 Å². The summed E-state index contributed by atoms with van der Waals surface area (Å²) < 4.78 is 10.9. The van der Waals surface area contributed by atoms with Gasteiger partial charge >= 0.3 is 5.97 Å². The molecule has 0 aliphatic heterocycles. The van der Waals surface area contributed by atoms with Gasteiger partial charge in [0.1, 0.15) is 5.75 Å². The lowest BCUT2D eigenvalue weighted by atomic mass is 9.45. The summed E-state index contributed by atoms with van der Waals surface area (Å²) in [6.07, 6.45) is 4.97. The highest BCUT2D eigenvalue weighted by Crippen LogP contribution is 2.61. The first-order valence-electron chi connectivity index (χ1n) is 8.92. The van der Waals surface area contributed by atoms with Gasteiger partial charge < -0.3 is 9.47 Å². The van der Waals surface area contributed by atoms with Crippen LogP contribution < -0.4 is 4.74 Å². The van der Waals surface area contributed by atoms with Gasteiger partial charge in [0.15, 0.2) is 6.61 Å². The Morgan fingerprint density at radius 1 is 1.33 bits per heavy atom. The predicted octanol–water partition coefficient (Wildman–Crippen LogP) is 5.03. The van der Waals surface area contributed by atoms with Gasteiger partial charge in [0.25, 0.3) is 0 Å². The zero-order valence-corrected chi connectivity index (χ0v) is 15.6. The van der Waals surface area contributed by atoms with Gasteiger partial charge in [-0.15, -0.1) is 0 Å². The third kappa shape index (κ3) is 3.56. The number of carbonyl (C=O) groups is 1. The lowest BCUT2D eigenvalue weighted by molar-refractivity contribution is -0.148. The number of fused-ring (bicyclic) bond motifs is 2. The van der Waals surface area contributed by atoms with Gasteiger partial charge in [-0.05, 0) is 79.5 Å². The van der Waals surface area contributed by atoms with Crippen molar-refractivity contribution in [3.8, 4) is 5.75 Å². The monoisotopic (exact) mass is 350 g/mol. The molecular formula is C20H27ClO3. The van der Waals surface area contributed by atoms with E-state index in [1.165, 1.54) is 19.3 Å². The second-order valence-corrected chi connectivity index (χ2v) is 8.34. The number of benzene rings is 1. The van der Waals surface area contributed by atoms with Gasteiger partial charge in [-0.2, -0.15) is 0 Å². The summed E-state index contributed by atoms with van der Waals surface area (Å²) in [6, 6.07) is 5.35. The molecular weight excluding hydrogens is 324 g/mol. The van der Waals surface area contributed by atoms with Crippen molar-refractivity contribution < 1.29 is 14.3 Å². The largest absolute Gasteiger partial charge is 0.482 e. The summed E-state index contributed by atoms with van der Waals surface area (Å²) in [5, 5.41) is 0.663. The molecule has 4 heteroatoms. The molecule has 0 spiro atoms. The van der Waals surface area contributed by atoms with Gasteiger partial charge in [-0.1, -0.05) is 25.4 Å². The lowest BCUT2D eigenvalue weighted by Crippen LogP contribution is -2.52. The number of hydrogen-bond donors (Lipinski definition) is 0. The summed E-state index contributed by atoms with van der Waals surface area (Å²) in [5.41, 5.74) is 1.40. The third-order valence-corrected chi connectivity index (χ3v) is 6.47. The van der Waals surface area contributed by atoms with Crippen LogP contribution in [0.25, 0.3) is 0 Å². The first-order chi connectivity index (χ1) is 11.4. The molecule has 3 nitrogen and oxygen atoms in total. The Balaban J connectivity index is 1.38. The molecule has 3 saturated carbocycles. The smallest absolute Gasteiger partial charge is 0.344 e. The first kappa shape index (κ1) is 17.6. The highest BCUT2D eigenvalue weighted by Gasteiger charge is 2.53. The van der Waals surface area contributed by atoms with Gasteiger partial charge in [0.2, 0.25) is 0 Å². The average Bonchev–Trinajstić information content (AvgIpc) is 2.54. The Morgan fingerprint density at radius 3 is 2.79 bits per heavy atom. The molecule has 3 aliphatic rings. The Kier molecular flexibility index (Phi) is 5.10. The van der Waals surface area contributed by atoms with E-state index in [0.29, 0.717) is 28.7 Å². The highest BCUT2D eigenvalue weighted by molar-refractivity contribution is 6.30. The molecule has 4 rings (SSSR count). The number of rotatable bonds is 6. The van der Waals surface area contributed by atoms with E-state index in [1.807, 2.05) is 13.0 Å². The van der Waals surface area contributed by atoms with Crippen molar-refractivity contribution in [2.24, 2.45) is 23.2 Å². The summed E-state index contributed by atoms with van der Waals surface area (Å²) in [5.74, 6) is 2.80. The fourth-order valence-corrected chi connectivity index (χ4v) is 4.81. The second-order valence-electron chi connectivity index (χ2n) is 7.91. The molecule has 3 fully saturated rings. The SMILES string of the molecule is Cc1cc(Cl)ccc1OCC(=O)OCC[C@H]1CC[C@H]2C[C@@H]1C2(C)C. The van der Waals surface area contributed by atoms with Crippen molar-refractivity contribution in [1.82, 2.24) is 0 Å². The molecule has 0 heterocycles. The van der Waals surface area contributed by atoms with E-state index in [4.69, 9.17) is 21.1 Å². The van der Waals surface area contributed by atoms with Crippen LogP contribution in [0.1, 0.15) is 45.1 Å². The normalized spacial score (nSPS) is 27.2.